The smallest absolute Gasteiger partial charge is 0.252 e. The van der Waals surface area contributed by atoms with Crippen LogP contribution in [-0.2, 0) is 4.74 Å². The van der Waals surface area contributed by atoms with Crippen molar-refractivity contribution in [3.63, 3.8) is 0 Å². The van der Waals surface area contributed by atoms with Crippen molar-refractivity contribution in [3.05, 3.63) is 46.4 Å². The molecule has 2 fully saturated rings. The summed E-state index contributed by atoms with van der Waals surface area (Å²) in [5, 5.41) is 7.77. The number of anilines is 4. The summed E-state index contributed by atoms with van der Waals surface area (Å²) >= 11 is 1.30. The number of nitrogens with two attached hydrogens (primary N) is 2. The van der Waals surface area contributed by atoms with Crippen molar-refractivity contribution in [3.8, 4) is 10.6 Å². The van der Waals surface area contributed by atoms with E-state index in [0.717, 1.165) is 25.7 Å². The highest BCUT2D eigenvalue weighted by Crippen LogP contribution is 2.37. The molecule has 13 heteroatoms. The van der Waals surface area contributed by atoms with Gasteiger partial charge in [0.2, 0.25) is 11.0 Å². The third kappa shape index (κ3) is 5.20. The number of morpholine rings is 1. The molecular weight excluding hydrogens is 522 g/mol. The predicted octanol–water partition coefficient (Wildman–Crippen LogP) is 3.27. The second-order valence-corrected chi connectivity index (χ2v) is 10.7. The van der Waals surface area contributed by atoms with Crippen LogP contribution in [0.1, 0.15) is 36.0 Å². The highest BCUT2D eigenvalue weighted by atomic mass is 32.1. The third-order valence-corrected chi connectivity index (χ3v) is 7.99. The van der Waals surface area contributed by atoms with Crippen molar-refractivity contribution in [1.29, 1.82) is 0 Å². The first kappa shape index (κ1) is 25.3. The minimum absolute atomic E-state index is 0.0467. The number of aromatic nitrogens is 2. The fourth-order valence-electron chi connectivity index (χ4n) is 4.95. The highest BCUT2D eigenvalue weighted by Gasteiger charge is 2.24. The van der Waals surface area contributed by atoms with E-state index in [4.69, 9.17) is 25.0 Å². The Morgan fingerprint density at radius 1 is 1.15 bits per heavy atom. The van der Waals surface area contributed by atoms with Crippen molar-refractivity contribution < 1.29 is 18.4 Å². The van der Waals surface area contributed by atoms with Gasteiger partial charge in [0.15, 0.2) is 11.5 Å². The molecule has 6 rings (SSSR count). The van der Waals surface area contributed by atoms with Crippen LogP contribution < -0.4 is 32.4 Å². The Labute approximate surface area is 227 Å². The first-order valence-corrected chi connectivity index (χ1v) is 13.7. The second-order valence-electron chi connectivity index (χ2n) is 9.67. The van der Waals surface area contributed by atoms with E-state index in [2.05, 4.69) is 20.6 Å². The van der Waals surface area contributed by atoms with E-state index in [1.165, 1.54) is 23.7 Å². The van der Waals surface area contributed by atoms with Crippen LogP contribution in [0.25, 0.3) is 21.7 Å². The summed E-state index contributed by atoms with van der Waals surface area (Å²) < 4.78 is 17.1. The number of rotatable bonds is 7. The summed E-state index contributed by atoms with van der Waals surface area (Å²) in [6.07, 6.45) is 7.23. The van der Waals surface area contributed by atoms with Gasteiger partial charge in [-0.15, -0.1) is 0 Å². The van der Waals surface area contributed by atoms with Crippen molar-refractivity contribution in [2.45, 2.75) is 37.8 Å². The van der Waals surface area contributed by atoms with Gasteiger partial charge in [-0.25, -0.2) is 9.97 Å². The normalized spacial score (nSPS) is 19.8. The fourth-order valence-corrected chi connectivity index (χ4v) is 5.77. The van der Waals surface area contributed by atoms with Gasteiger partial charge in [-0.3, -0.25) is 9.59 Å². The average molecular weight is 552 g/mol. The number of carbonyl (C=O) groups is 1. The van der Waals surface area contributed by atoms with E-state index >= 15 is 0 Å². The lowest BCUT2D eigenvalue weighted by atomic mass is 9.91. The minimum atomic E-state index is -0.603. The Morgan fingerprint density at radius 3 is 2.77 bits per heavy atom. The van der Waals surface area contributed by atoms with E-state index in [1.54, 1.807) is 18.3 Å². The number of nitrogens with one attached hydrogen (secondary N) is 2. The van der Waals surface area contributed by atoms with Crippen LogP contribution in [0.15, 0.2) is 44.3 Å². The quantitative estimate of drug-likeness (QED) is 0.265. The number of thiazole rings is 1. The van der Waals surface area contributed by atoms with Gasteiger partial charge in [0.05, 0.1) is 36.6 Å². The summed E-state index contributed by atoms with van der Waals surface area (Å²) in [7, 11) is 0. The molecule has 1 aliphatic carbocycles. The first-order valence-electron chi connectivity index (χ1n) is 12.9. The lowest BCUT2D eigenvalue weighted by molar-refractivity contribution is 0.100. The predicted molar refractivity (Wildman–Crippen MR) is 149 cm³/mol. The van der Waals surface area contributed by atoms with Gasteiger partial charge < -0.3 is 40.6 Å². The lowest BCUT2D eigenvalue weighted by Gasteiger charge is -2.29. The SMILES string of the molecule is NC(=O)c1ccc(N[C@H]2CCCC[C@H]2N)nc1Nc1cnc(-c2coc3c(=O)cc(N4CCOCC4)oc23)s1. The molecule has 1 saturated carbocycles. The molecule has 0 spiro atoms. The van der Waals surface area contributed by atoms with Crippen LogP contribution in [0.4, 0.5) is 22.5 Å². The molecule has 1 aliphatic heterocycles. The fraction of sp³-hybridized carbons (Fsp3) is 0.385. The van der Waals surface area contributed by atoms with Crippen molar-refractivity contribution in [2.24, 2.45) is 11.5 Å². The Kier molecular flexibility index (Phi) is 6.94. The van der Waals surface area contributed by atoms with Crippen LogP contribution in [0.2, 0.25) is 0 Å². The Morgan fingerprint density at radius 2 is 1.97 bits per heavy atom. The molecule has 0 radical (unpaired) electrons. The van der Waals surface area contributed by atoms with Crippen molar-refractivity contribution >= 4 is 50.9 Å². The van der Waals surface area contributed by atoms with Gasteiger partial charge in [0.1, 0.15) is 27.9 Å². The van der Waals surface area contributed by atoms with E-state index in [1.807, 2.05) is 4.90 Å². The number of hydrogen-bond donors (Lipinski definition) is 4. The Hall–Kier alpha value is -3.94. The molecule has 204 valence electrons. The molecule has 0 aromatic carbocycles. The number of hydrogen-bond acceptors (Lipinski definition) is 12. The summed E-state index contributed by atoms with van der Waals surface area (Å²) in [6, 6.07) is 4.97. The Bertz CT molecular complexity index is 1560. The maximum absolute atomic E-state index is 12.7. The summed E-state index contributed by atoms with van der Waals surface area (Å²) in [5.41, 5.74) is 12.9. The molecule has 6 N–H and O–H groups in total. The molecule has 39 heavy (non-hydrogen) atoms. The molecule has 5 heterocycles. The number of ether oxygens (including phenoxy) is 1. The molecule has 1 amide bonds. The van der Waals surface area contributed by atoms with E-state index in [-0.39, 0.29) is 28.7 Å². The van der Waals surface area contributed by atoms with Crippen LogP contribution in [0, 0.1) is 0 Å². The number of fused-ring (bicyclic) bond motifs is 1. The van der Waals surface area contributed by atoms with Gasteiger partial charge >= 0.3 is 0 Å². The average Bonchev–Trinajstić information content (AvgIpc) is 3.58. The van der Waals surface area contributed by atoms with Crippen LogP contribution in [-0.4, -0.2) is 54.3 Å². The molecule has 12 nitrogen and oxygen atoms in total. The minimum Gasteiger partial charge on any atom is -0.456 e. The van der Waals surface area contributed by atoms with Crippen LogP contribution >= 0.6 is 11.3 Å². The zero-order valence-corrected chi connectivity index (χ0v) is 22.0. The van der Waals surface area contributed by atoms with E-state index < -0.39 is 5.91 Å². The molecule has 0 unspecified atom stereocenters. The summed E-state index contributed by atoms with van der Waals surface area (Å²) in [6.45, 7) is 2.38. The van der Waals surface area contributed by atoms with Gasteiger partial charge in [-0.05, 0) is 25.0 Å². The lowest BCUT2D eigenvalue weighted by Crippen LogP contribution is -2.42. The molecule has 4 aromatic heterocycles. The number of pyridine rings is 1. The second kappa shape index (κ2) is 10.7. The number of carbonyl (C=O) groups excluding carboxylic acids is 1. The van der Waals surface area contributed by atoms with Crippen molar-refractivity contribution in [2.75, 3.05) is 41.8 Å². The molecule has 4 aromatic rings. The number of amides is 1. The van der Waals surface area contributed by atoms with Crippen LogP contribution in [0.5, 0.6) is 0 Å². The topological polar surface area (TPSA) is 175 Å². The number of nitrogens with zero attached hydrogens (tertiary/aromatic N) is 3. The molecule has 2 aliphatic rings. The van der Waals surface area contributed by atoms with Gasteiger partial charge in [-0.2, -0.15) is 0 Å². The van der Waals surface area contributed by atoms with Gasteiger partial charge in [-0.1, -0.05) is 24.2 Å². The standard InChI is InChI=1S/C26H29N7O5S/c27-16-3-1-2-4-17(16)30-19-6-5-14(24(28)35)25(31-19)32-20-12-29-26(39-20)15-13-37-23-18(34)11-21(38-22(15)23)33-7-9-36-10-8-33/h5-6,11-13,16-17H,1-4,7-10,27H2,(H2,28,35)(H2,30,31,32)/t16-,17+/m1/s1. The highest BCUT2D eigenvalue weighted by molar-refractivity contribution is 7.19. The maximum atomic E-state index is 12.7. The van der Waals surface area contributed by atoms with E-state index in [9.17, 15) is 9.59 Å². The van der Waals surface area contributed by atoms with Crippen LogP contribution in [0.3, 0.4) is 0 Å². The summed E-state index contributed by atoms with van der Waals surface area (Å²) in [5.74, 6) is 0.776. The van der Waals surface area contributed by atoms with Gasteiger partial charge in [0, 0.05) is 25.2 Å². The number of furan rings is 1. The first-order chi connectivity index (χ1) is 19.0. The molecule has 1 saturated heterocycles. The zero-order chi connectivity index (χ0) is 26.9. The maximum Gasteiger partial charge on any atom is 0.252 e. The Balaban J connectivity index is 1.28. The van der Waals surface area contributed by atoms with Gasteiger partial charge in [0.25, 0.3) is 5.91 Å². The van der Waals surface area contributed by atoms with Crippen molar-refractivity contribution in [1.82, 2.24) is 9.97 Å². The molecule has 2 atom stereocenters. The zero-order valence-electron chi connectivity index (χ0n) is 21.1. The third-order valence-electron chi connectivity index (χ3n) is 7.04. The van der Waals surface area contributed by atoms with E-state index in [0.29, 0.717) is 65.0 Å². The summed E-state index contributed by atoms with van der Waals surface area (Å²) in [4.78, 5) is 35.9. The molecular formula is C26H29N7O5S. The monoisotopic (exact) mass is 551 g/mol. The largest absolute Gasteiger partial charge is 0.456 e. The number of primary amides is 1. The molecule has 0 bridgehead atoms.